The molecule has 0 saturated heterocycles. The molecular weight excluding hydrogens is 424 g/mol. The van der Waals surface area contributed by atoms with Crippen LogP contribution in [0.15, 0.2) is 32.7 Å². The molecule has 0 bridgehead atoms. The SMILES string of the molecule is Clc1nc(NCc2ccco2)c2scc(Br)c2n1.NC1CCCCC1. The van der Waals surface area contributed by atoms with E-state index in [-0.39, 0.29) is 5.28 Å². The Morgan fingerprint density at radius 2 is 2.12 bits per heavy atom. The first-order valence-corrected chi connectivity index (χ1v) is 10.3. The molecule has 3 aromatic heterocycles. The zero-order valence-corrected chi connectivity index (χ0v) is 16.8. The molecule has 0 spiro atoms. The van der Waals surface area contributed by atoms with E-state index in [0.717, 1.165) is 26.3 Å². The number of hydrogen-bond donors (Lipinski definition) is 2. The number of nitrogens with two attached hydrogens (primary N) is 1. The van der Waals surface area contributed by atoms with Crippen LogP contribution in [0.2, 0.25) is 5.28 Å². The summed E-state index contributed by atoms with van der Waals surface area (Å²) in [7, 11) is 0. The first-order valence-electron chi connectivity index (χ1n) is 8.25. The molecule has 3 N–H and O–H groups in total. The highest BCUT2D eigenvalue weighted by atomic mass is 79.9. The third-order valence-corrected chi connectivity index (χ3v) is 6.06. The van der Waals surface area contributed by atoms with E-state index in [1.165, 1.54) is 32.1 Å². The number of nitrogens with one attached hydrogen (secondary N) is 1. The predicted molar refractivity (Wildman–Crippen MR) is 107 cm³/mol. The molecule has 0 aliphatic heterocycles. The molecule has 0 amide bonds. The Morgan fingerprint density at radius 1 is 1.32 bits per heavy atom. The Morgan fingerprint density at radius 3 is 2.76 bits per heavy atom. The van der Waals surface area contributed by atoms with Crippen molar-refractivity contribution in [3.8, 4) is 0 Å². The fraction of sp³-hybridized carbons (Fsp3) is 0.412. The van der Waals surface area contributed by atoms with Crippen LogP contribution in [-0.4, -0.2) is 16.0 Å². The molecule has 3 aromatic rings. The van der Waals surface area contributed by atoms with E-state index >= 15 is 0 Å². The molecule has 1 aliphatic rings. The highest BCUT2D eigenvalue weighted by Gasteiger charge is 2.11. The van der Waals surface area contributed by atoms with Crippen molar-refractivity contribution in [2.45, 2.75) is 44.7 Å². The van der Waals surface area contributed by atoms with Gasteiger partial charge in [-0.05, 0) is 52.5 Å². The lowest BCUT2D eigenvalue weighted by molar-refractivity contribution is 0.441. The second kappa shape index (κ2) is 8.98. The topological polar surface area (TPSA) is 77.0 Å². The van der Waals surface area contributed by atoms with Crippen LogP contribution in [0.25, 0.3) is 10.2 Å². The van der Waals surface area contributed by atoms with Crippen LogP contribution in [0, 0.1) is 0 Å². The van der Waals surface area contributed by atoms with Gasteiger partial charge >= 0.3 is 0 Å². The van der Waals surface area contributed by atoms with Crippen LogP contribution in [0.1, 0.15) is 37.9 Å². The van der Waals surface area contributed by atoms with Crippen LogP contribution in [0.5, 0.6) is 0 Å². The Labute approximate surface area is 164 Å². The van der Waals surface area contributed by atoms with Gasteiger partial charge in [0.15, 0.2) is 0 Å². The quantitative estimate of drug-likeness (QED) is 0.516. The van der Waals surface area contributed by atoms with Crippen LogP contribution in [0.3, 0.4) is 0 Å². The smallest absolute Gasteiger partial charge is 0.225 e. The Kier molecular flexibility index (Phi) is 6.70. The van der Waals surface area contributed by atoms with Crippen molar-refractivity contribution in [2.75, 3.05) is 5.32 Å². The third kappa shape index (κ3) is 5.17. The predicted octanol–water partition coefficient (Wildman–Crippen LogP) is 5.59. The maximum Gasteiger partial charge on any atom is 0.225 e. The van der Waals surface area contributed by atoms with E-state index in [1.807, 2.05) is 17.5 Å². The Balaban J connectivity index is 0.000000219. The maximum absolute atomic E-state index is 5.91. The second-order valence-corrected chi connectivity index (χ2v) is 8.01. The Bertz CT molecular complexity index is 802. The van der Waals surface area contributed by atoms with Crippen molar-refractivity contribution in [1.82, 2.24) is 9.97 Å². The molecule has 1 fully saturated rings. The summed E-state index contributed by atoms with van der Waals surface area (Å²) in [5, 5.41) is 5.40. The monoisotopic (exact) mass is 442 g/mol. The van der Waals surface area contributed by atoms with E-state index in [9.17, 15) is 0 Å². The summed E-state index contributed by atoms with van der Waals surface area (Å²) in [5.74, 6) is 1.56. The highest BCUT2D eigenvalue weighted by Crippen LogP contribution is 2.34. The standard InChI is InChI=1S/C11H7BrClN3OS.C6H13N/c12-7-5-18-9-8(7)15-11(13)16-10(9)14-4-6-2-1-3-17-6;7-6-4-2-1-3-5-6/h1-3,5H,4H2,(H,14,15,16);6H,1-5,7H2. The third-order valence-electron chi connectivity index (χ3n) is 4.00. The number of anilines is 1. The number of fused-ring (bicyclic) bond motifs is 1. The zero-order chi connectivity index (χ0) is 17.6. The van der Waals surface area contributed by atoms with Gasteiger partial charge in [-0.15, -0.1) is 11.3 Å². The summed E-state index contributed by atoms with van der Waals surface area (Å²) >= 11 is 10.9. The minimum Gasteiger partial charge on any atom is -0.467 e. The molecule has 1 saturated carbocycles. The normalized spacial score (nSPS) is 15.0. The zero-order valence-electron chi connectivity index (χ0n) is 13.7. The van der Waals surface area contributed by atoms with Gasteiger partial charge in [0.05, 0.1) is 22.0 Å². The first-order chi connectivity index (χ1) is 12.1. The van der Waals surface area contributed by atoms with Crippen LogP contribution in [-0.2, 0) is 6.54 Å². The van der Waals surface area contributed by atoms with Crippen LogP contribution >= 0.6 is 38.9 Å². The molecule has 3 heterocycles. The number of halogens is 2. The van der Waals surface area contributed by atoms with Crippen molar-refractivity contribution >= 4 is 54.9 Å². The first kappa shape index (κ1) is 18.6. The van der Waals surface area contributed by atoms with E-state index < -0.39 is 0 Å². The minimum atomic E-state index is 0.226. The van der Waals surface area contributed by atoms with Crippen LogP contribution < -0.4 is 11.1 Å². The average molecular weight is 444 g/mol. The number of aromatic nitrogens is 2. The molecule has 134 valence electrons. The van der Waals surface area contributed by atoms with Gasteiger partial charge in [-0.3, -0.25) is 0 Å². The van der Waals surface area contributed by atoms with E-state index in [1.54, 1.807) is 17.6 Å². The van der Waals surface area contributed by atoms with Gasteiger partial charge in [0.2, 0.25) is 5.28 Å². The summed E-state index contributed by atoms with van der Waals surface area (Å²) in [6.45, 7) is 0.560. The molecule has 0 aromatic carbocycles. The van der Waals surface area contributed by atoms with Gasteiger partial charge in [0.1, 0.15) is 17.1 Å². The molecular formula is C17H20BrClN4OS. The molecule has 25 heavy (non-hydrogen) atoms. The van der Waals surface area contributed by atoms with Gasteiger partial charge in [-0.2, -0.15) is 4.98 Å². The molecule has 8 heteroatoms. The summed E-state index contributed by atoms with van der Waals surface area (Å²) < 4.78 is 7.15. The molecule has 1 aliphatic carbocycles. The number of furan rings is 1. The fourth-order valence-corrected chi connectivity index (χ4v) is 4.40. The largest absolute Gasteiger partial charge is 0.467 e. The Hall–Kier alpha value is -1.15. The highest BCUT2D eigenvalue weighted by molar-refractivity contribution is 9.10. The van der Waals surface area contributed by atoms with E-state index in [4.69, 9.17) is 21.8 Å². The lowest BCUT2D eigenvalue weighted by Crippen LogP contribution is -2.22. The molecule has 0 atom stereocenters. The molecule has 0 unspecified atom stereocenters. The summed E-state index contributed by atoms with van der Waals surface area (Å²) in [6, 6.07) is 4.28. The van der Waals surface area contributed by atoms with E-state index in [0.29, 0.717) is 12.6 Å². The lowest BCUT2D eigenvalue weighted by Gasteiger charge is -2.15. The molecule has 5 nitrogen and oxygen atoms in total. The van der Waals surface area contributed by atoms with Gasteiger partial charge < -0.3 is 15.5 Å². The number of hydrogen-bond acceptors (Lipinski definition) is 6. The summed E-state index contributed by atoms with van der Waals surface area (Å²) in [5.41, 5.74) is 6.46. The minimum absolute atomic E-state index is 0.226. The number of thiophene rings is 1. The van der Waals surface area contributed by atoms with Gasteiger partial charge in [-0.1, -0.05) is 19.3 Å². The van der Waals surface area contributed by atoms with Crippen molar-refractivity contribution in [1.29, 1.82) is 0 Å². The second-order valence-electron chi connectivity index (χ2n) is 5.93. The fourth-order valence-electron chi connectivity index (χ4n) is 2.70. The van der Waals surface area contributed by atoms with Crippen LogP contribution in [0.4, 0.5) is 5.82 Å². The summed E-state index contributed by atoms with van der Waals surface area (Å²) in [4.78, 5) is 8.40. The van der Waals surface area contributed by atoms with Gasteiger partial charge in [-0.25, -0.2) is 4.98 Å². The number of rotatable bonds is 3. The molecule has 4 rings (SSSR count). The average Bonchev–Trinajstić information content (AvgIpc) is 3.25. The van der Waals surface area contributed by atoms with Crippen molar-refractivity contribution in [2.24, 2.45) is 5.73 Å². The molecule has 0 radical (unpaired) electrons. The van der Waals surface area contributed by atoms with Crippen molar-refractivity contribution in [3.05, 3.63) is 39.3 Å². The lowest BCUT2D eigenvalue weighted by atomic mass is 9.97. The number of nitrogens with zero attached hydrogens (tertiary/aromatic N) is 2. The van der Waals surface area contributed by atoms with Crippen molar-refractivity contribution in [3.63, 3.8) is 0 Å². The van der Waals surface area contributed by atoms with Gasteiger partial charge in [0.25, 0.3) is 0 Å². The van der Waals surface area contributed by atoms with Crippen molar-refractivity contribution < 1.29 is 4.42 Å². The summed E-state index contributed by atoms with van der Waals surface area (Å²) in [6.07, 6.45) is 8.30. The maximum atomic E-state index is 5.91. The van der Waals surface area contributed by atoms with E-state index in [2.05, 4.69) is 31.2 Å². The van der Waals surface area contributed by atoms with Gasteiger partial charge in [0, 0.05) is 11.4 Å².